The normalized spacial score (nSPS) is 9.89. The predicted octanol–water partition coefficient (Wildman–Crippen LogP) is 1.03. The molecule has 1 aromatic heterocycles. The van der Waals surface area contributed by atoms with Crippen molar-refractivity contribution in [3.63, 3.8) is 0 Å². The van der Waals surface area contributed by atoms with Gasteiger partial charge in [-0.2, -0.15) is 0 Å². The van der Waals surface area contributed by atoms with E-state index < -0.39 is 5.97 Å². The Morgan fingerprint density at radius 2 is 2.11 bits per heavy atom. The molecule has 6 heteroatoms. The maximum absolute atomic E-state index is 11.3. The number of hydrogen-bond donors (Lipinski definition) is 1. The summed E-state index contributed by atoms with van der Waals surface area (Å²) in [7, 11) is 3.41. The molecule has 0 spiro atoms. The third-order valence-electron chi connectivity index (χ3n) is 2.26. The molecule has 0 fully saturated rings. The molecule has 0 radical (unpaired) electrons. The number of carbonyl (C=O) groups is 2. The first-order valence-corrected chi connectivity index (χ1v) is 5.53. The van der Waals surface area contributed by atoms with Crippen molar-refractivity contribution in [2.45, 2.75) is 12.8 Å². The molecule has 1 rings (SSSR count). The van der Waals surface area contributed by atoms with Gasteiger partial charge < -0.3 is 14.7 Å². The van der Waals surface area contributed by atoms with Crippen LogP contribution in [0.1, 0.15) is 23.3 Å². The van der Waals surface area contributed by atoms with Gasteiger partial charge in [0.05, 0.1) is 12.8 Å². The molecule has 1 aromatic rings. The summed E-state index contributed by atoms with van der Waals surface area (Å²) in [5.74, 6) is -0.520. The molecule has 1 N–H and O–H groups in total. The third-order valence-corrected chi connectivity index (χ3v) is 2.26. The van der Waals surface area contributed by atoms with Crippen LogP contribution in [0, 0.1) is 0 Å². The molecule has 0 aliphatic carbocycles. The van der Waals surface area contributed by atoms with Crippen LogP contribution in [-0.4, -0.2) is 47.6 Å². The maximum atomic E-state index is 11.3. The molecule has 0 bridgehead atoms. The smallest absolute Gasteiger partial charge is 0.354 e. The Hall–Kier alpha value is -2.11. The Morgan fingerprint density at radius 1 is 1.39 bits per heavy atom. The lowest BCUT2D eigenvalue weighted by Gasteiger charge is -2.10. The quantitative estimate of drug-likeness (QED) is 0.765. The minimum absolute atomic E-state index is 0.0230. The van der Waals surface area contributed by atoms with Crippen LogP contribution in [0.2, 0.25) is 0 Å². The zero-order valence-electron chi connectivity index (χ0n) is 10.4. The van der Waals surface area contributed by atoms with E-state index in [1.165, 1.54) is 17.2 Å². The molecule has 0 saturated carbocycles. The molecule has 0 aliphatic rings. The number of pyridine rings is 1. The monoisotopic (exact) mass is 252 g/mol. The second-order valence-electron chi connectivity index (χ2n) is 3.92. The van der Waals surface area contributed by atoms with Crippen LogP contribution in [0.25, 0.3) is 0 Å². The summed E-state index contributed by atoms with van der Waals surface area (Å²) in [5.41, 5.74) is -0.0230. The van der Waals surface area contributed by atoms with Gasteiger partial charge in [0, 0.05) is 20.5 Å². The van der Waals surface area contributed by atoms with Crippen LogP contribution >= 0.6 is 0 Å². The van der Waals surface area contributed by atoms with Gasteiger partial charge >= 0.3 is 5.97 Å². The Kier molecular flexibility index (Phi) is 5.10. The van der Waals surface area contributed by atoms with Crippen molar-refractivity contribution in [2.24, 2.45) is 0 Å². The fourth-order valence-corrected chi connectivity index (χ4v) is 1.23. The Bertz CT molecular complexity index is 415. The van der Waals surface area contributed by atoms with Crippen molar-refractivity contribution in [3.05, 3.63) is 24.0 Å². The minimum atomic E-state index is -1.07. The molecule has 0 unspecified atom stereocenters. The van der Waals surface area contributed by atoms with Gasteiger partial charge in [-0.05, 0) is 18.6 Å². The summed E-state index contributed by atoms with van der Waals surface area (Å²) in [6, 6.07) is 2.92. The van der Waals surface area contributed by atoms with Crippen LogP contribution in [0.4, 0.5) is 0 Å². The van der Waals surface area contributed by atoms with E-state index in [0.717, 1.165) is 0 Å². The van der Waals surface area contributed by atoms with Crippen molar-refractivity contribution in [1.82, 2.24) is 9.88 Å². The van der Waals surface area contributed by atoms with Crippen LogP contribution in [0.3, 0.4) is 0 Å². The summed E-state index contributed by atoms with van der Waals surface area (Å²) in [5, 5.41) is 8.66. The minimum Gasteiger partial charge on any atom is -0.492 e. The highest BCUT2D eigenvalue weighted by atomic mass is 16.5. The summed E-state index contributed by atoms with van der Waals surface area (Å²) in [6.07, 6.45) is 2.39. The largest absolute Gasteiger partial charge is 0.492 e. The number of nitrogens with zero attached hydrogens (tertiary/aromatic N) is 2. The number of rotatable bonds is 6. The Balaban J connectivity index is 2.31. The third kappa shape index (κ3) is 4.40. The molecule has 98 valence electrons. The Morgan fingerprint density at radius 3 is 2.61 bits per heavy atom. The van der Waals surface area contributed by atoms with Gasteiger partial charge in [0.1, 0.15) is 11.4 Å². The average molecular weight is 252 g/mol. The number of aromatic carboxylic acids is 1. The van der Waals surface area contributed by atoms with Gasteiger partial charge in [-0.1, -0.05) is 0 Å². The first-order valence-electron chi connectivity index (χ1n) is 5.53. The van der Waals surface area contributed by atoms with Gasteiger partial charge in [0.25, 0.3) is 0 Å². The van der Waals surface area contributed by atoms with Gasteiger partial charge in [-0.15, -0.1) is 0 Å². The van der Waals surface area contributed by atoms with Crippen molar-refractivity contribution >= 4 is 11.9 Å². The molecule has 6 nitrogen and oxygen atoms in total. The topological polar surface area (TPSA) is 79.7 Å². The van der Waals surface area contributed by atoms with E-state index in [4.69, 9.17) is 9.84 Å². The number of carboxylic acids is 1. The molecule has 1 heterocycles. The fraction of sp³-hybridized carbons (Fsp3) is 0.417. The van der Waals surface area contributed by atoms with Gasteiger partial charge in [-0.3, -0.25) is 4.79 Å². The molecule has 0 atom stereocenters. The number of amides is 1. The molecular weight excluding hydrogens is 236 g/mol. The SMILES string of the molecule is CN(C)C(=O)CCCOc1ccc(C(=O)O)nc1. The number of aromatic nitrogens is 1. The second-order valence-corrected chi connectivity index (χ2v) is 3.92. The number of carbonyl (C=O) groups excluding carboxylic acids is 1. The van der Waals surface area contributed by atoms with Crippen molar-refractivity contribution in [3.8, 4) is 5.75 Å². The van der Waals surface area contributed by atoms with E-state index in [1.807, 2.05) is 0 Å². The molecular formula is C12H16N2O4. The average Bonchev–Trinajstić information content (AvgIpc) is 2.34. The molecule has 0 aliphatic heterocycles. The first kappa shape index (κ1) is 14.0. The van der Waals surface area contributed by atoms with Crippen molar-refractivity contribution in [2.75, 3.05) is 20.7 Å². The van der Waals surface area contributed by atoms with Crippen LogP contribution in [-0.2, 0) is 4.79 Å². The van der Waals surface area contributed by atoms with Crippen LogP contribution in [0.15, 0.2) is 18.3 Å². The summed E-state index contributed by atoms with van der Waals surface area (Å²) in [4.78, 5) is 27.1. The highest BCUT2D eigenvalue weighted by Gasteiger charge is 2.05. The van der Waals surface area contributed by atoms with Crippen molar-refractivity contribution in [1.29, 1.82) is 0 Å². The van der Waals surface area contributed by atoms with E-state index in [1.54, 1.807) is 20.2 Å². The maximum Gasteiger partial charge on any atom is 0.354 e. The number of carboxylic acid groups (broad SMARTS) is 1. The van der Waals surface area contributed by atoms with E-state index in [2.05, 4.69) is 4.98 Å². The van der Waals surface area contributed by atoms with Gasteiger partial charge in [-0.25, -0.2) is 9.78 Å². The molecule has 18 heavy (non-hydrogen) atoms. The summed E-state index contributed by atoms with van der Waals surface area (Å²) < 4.78 is 5.34. The fourth-order valence-electron chi connectivity index (χ4n) is 1.23. The lowest BCUT2D eigenvalue weighted by atomic mass is 10.3. The first-order chi connectivity index (χ1) is 8.50. The highest BCUT2D eigenvalue weighted by molar-refractivity contribution is 5.85. The Labute approximate surface area is 105 Å². The number of ether oxygens (including phenoxy) is 1. The number of hydrogen-bond acceptors (Lipinski definition) is 4. The zero-order chi connectivity index (χ0) is 13.5. The standard InChI is InChI=1S/C12H16N2O4/c1-14(2)11(15)4-3-7-18-9-5-6-10(12(16)17)13-8-9/h5-6,8H,3-4,7H2,1-2H3,(H,16,17). The predicted molar refractivity (Wildman–Crippen MR) is 64.6 cm³/mol. The summed E-state index contributed by atoms with van der Waals surface area (Å²) >= 11 is 0. The highest BCUT2D eigenvalue weighted by Crippen LogP contribution is 2.09. The van der Waals surface area contributed by atoms with Crippen LogP contribution in [0.5, 0.6) is 5.75 Å². The van der Waals surface area contributed by atoms with E-state index in [0.29, 0.717) is 25.2 Å². The zero-order valence-corrected chi connectivity index (χ0v) is 10.4. The summed E-state index contributed by atoms with van der Waals surface area (Å²) in [6.45, 7) is 0.397. The van der Waals surface area contributed by atoms with Gasteiger partial charge in [0.2, 0.25) is 5.91 Å². The molecule has 1 amide bonds. The second kappa shape index (κ2) is 6.58. The van der Waals surface area contributed by atoms with Gasteiger partial charge in [0.15, 0.2) is 0 Å². The van der Waals surface area contributed by atoms with Crippen molar-refractivity contribution < 1.29 is 19.4 Å². The van der Waals surface area contributed by atoms with E-state index in [9.17, 15) is 9.59 Å². The molecule has 0 saturated heterocycles. The lowest BCUT2D eigenvalue weighted by molar-refractivity contribution is -0.128. The lowest BCUT2D eigenvalue weighted by Crippen LogP contribution is -2.21. The van der Waals surface area contributed by atoms with E-state index >= 15 is 0 Å². The van der Waals surface area contributed by atoms with Crippen LogP contribution < -0.4 is 4.74 Å². The molecule has 0 aromatic carbocycles. The van der Waals surface area contributed by atoms with E-state index in [-0.39, 0.29) is 11.6 Å².